The van der Waals surface area contributed by atoms with Gasteiger partial charge in [0.05, 0.1) is 7.98 Å². The van der Waals surface area contributed by atoms with Gasteiger partial charge in [-0.25, -0.2) is 0 Å². The van der Waals surface area contributed by atoms with Crippen LogP contribution in [0.3, 0.4) is 0 Å². The second-order valence-electron chi connectivity index (χ2n) is 2.23. The summed E-state index contributed by atoms with van der Waals surface area (Å²) in [7, 11) is 0. The van der Waals surface area contributed by atoms with E-state index in [9.17, 15) is 4.79 Å². The van der Waals surface area contributed by atoms with Gasteiger partial charge in [0.1, 0.15) is 24.4 Å². The average molecular weight is 182 g/mol. The first-order chi connectivity index (χ1) is 5.86. The smallest absolute Gasteiger partial charge is 0.151 e. The Morgan fingerprint density at radius 3 is 2.08 bits per heavy atom. The molecule has 0 aliphatic carbocycles. The normalized spacial score (nSPS) is 24.9. The zero-order valence-electron chi connectivity index (χ0n) is 7.16. The number of carbonyl (C=O) groups is 1. The zero-order valence-corrected chi connectivity index (χ0v) is 6.16. The van der Waals surface area contributed by atoms with Crippen LogP contribution < -0.4 is 0 Å². The van der Waals surface area contributed by atoms with Gasteiger partial charge < -0.3 is 30.3 Å². The van der Waals surface area contributed by atoms with Gasteiger partial charge in [-0.3, -0.25) is 0 Å². The molecule has 72 valence electrons. The maximum absolute atomic E-state index is 10.0. The molecule has 5 N–H and O–H groups in total. The Bertz CT molecular complexity index is 173. The molecule has 0 amide bonds. The van der Waals surface area contributed by atoms with Crippen LogP contribution in [0.2, 0.25) is 0 Å². The van der Waals surface area contributed by atoms with E-state index in [0.717, 1.165) is 0 Å². The molecule has 12 heavy (non-hydrogen) atoms. The molecule has 0 aliphatic rings. The SMILES string of the molecule is [3H][C@@](O)(C=O)[C@@H](O)[C@H](O)[C@H](O)CO. The Morgan fingerprint density at radius 2 is 1.75 bits per heavy atom. The van der Waals surface area contributed by atoms with Gasteiger partial charge in [-0.05, 0) is 0 Å². The Hall–Kier alpha value is -0.530. The lowest BCUT2D eigenvalue weighted by Crippen LogP contribution is -2.46. The number of hydrogen-bond donors (Lipinski definition) is 5. The molecule has 0 heterocycles. The summed E-state index contributed by atoms with van der Waals surface area (Å²) in [5.74, 6) is 0. The summed E-state index contributed by atoms with van der Waals surface area (Å²) in [4.78, 5) is 10.0. The largest absolute Gasteiger partial charge is 0.394 e. The van der Waals surface area contributed by atoms with Crippen LogP contribution in [0.25, 0.3) is 0 Å². The van der Waals surface area contributed by atoms with E-state index in [-0.39, 0.29) is 6.29 Å². The fourth-order valence-electron chi connectivity index (χ4n) is 0.563. The van der Waals surface area contributed by atoms with Crippen molar-refractivity contribution in [1.82, 2.24) is 0 Å². The average Bonchev–Trinajstić information content (AvgIpc) is 2.14. The predicted octanol–water partition coefficient (Wildman–Crippen LogP) is -3.38. The third-order valence-corrected chi connectivity index (χ3v) is 1.33. The first-order valence-electron chi connectivity index (χ1n) is 3.70. The molecule has 0 aliphatic heterocycles. The van der Waals surface area contributed by atoms with Crippen molar-refractivity contribution in [2.45, 2.75) is 24.4 Å². The summed E-state index contributed by atoms with van der Waals surface area (Å²) in [6.45, 7) is -0.854. The molecule has 0 aromatic rings. The van der Waals surface area contributed by atoms with Crippen LogP contribution in [0.1, 0.15) is 1.37 Å². The van der Waals surface area contributed by atoms with E-state index in [1.54, 1.807) is 0 Å². The van der Waals surface area contributed by atoms with Gasteiger partial charge in [0.2, 0.25) is 0 Å². The molecule has 0 aromatic heterocycles. The number of rotatable bonds is 5. The minimum atomic E-state index is -2.89. The summed E-state index contributed by atoms with van der Waals surface area (Å²) < 4.78 is 6.76. The predicted molar refractivity (Wildman–Crippen MR) is 37.2 cm³/mol. The summed E-state index contributed by atoms with van der Waals surface area (Å²) >= 11 is 0. The first kappa shape index (κ1) is 9.56. The second-order valence-corrected chi connectivity index (χ2v) is 2.23. The van der Waals surface area contributed by atoms with Gasteiger partial charge in [-0.1, -0.05) is 0 Å². The van der Waals surface area contributed by atoms with E-state index < -0.39 is 31.0 Å². The second kappa shape index (κ2) is 5.18. The number of hydrogen-bond acceptors (Lipinski definition) is 6. The lowest BCUT2D eigenvalue weighted by molar-refractivity contribution is -0.136. The van der Waals surface area contributed by atoms with Crippen molar-refractivity contribution in [3.05, 3.63) is 0 Å². The minimum Gasteiger partial charge on any atom is -0.394 e. The van der Waals surface area contributed by atoms with E-state index in [2.05, 4.69) is 0 Å². The molecule has 6 heteroatoms. The summed E-state index contributed by atoms with van der Waals surface area (Å²) in [5.41, 5.74) is 0. The third-order valence-electron chi connectivity index (χ3n) is 1.33. The van der Waals surface area contributed by atoms with Gasteiger partial charge in [0.25, 0.3) is 0 Å². The van der Waals surface area contributed by atoms with E-state index in [0.29, 0.717) is 0 Å². The van der Waals surface area contributed by atoms with E-state index >= 15 is 0 Å². The topological polar surface area (TPSA) is 118 Å². The Morgan fingerprint density at radius 1 is 1.25 bits per heavy atom. The molecule has 0 bridgehead atoms. The Balaban J connectivity index is 4.40. The first-order valence-corrected chi connectivity index (χ1v) is 3.20. The summed E-state index contributed by atoms with van der Waals surface area (Å²) in [5, 5.41) is 43.8. The van der Waals surface area contributed by atoms with Crippen LogP contribution in [-0.4, -0.2) is 62.8 Å². The van der Waals surface area contributed by atoms with Gasteiger partial charge in [0, 0.05) is 0 Å². The van der Waals surface area contributed by atoms with Crippen LogP contribution in [0, 0.1) is 0 Å². The quantitative estimate of drug-likeness (QED) is 0.283. The van der Waals surface area contributed by atoms with Crippen molar-refractivity contribution in [3.8, 4) is 0 Å². The lowest BCUT2D eigenvalue weighted by Gasteiger charge is -2.22. The van der Waals surface area contributed by atoms with Gasteiger partial charge in [-0.2, -0.15) is 0 Å². The zero-order chi connectivity index (χ0) is 10.6. The van der Waals surface area contributed by atoms with Crippen molar-refractivity contribution in [1.29, 1.82) is 0 Å². The maximum Gasteiger partial charge on any atom is 0.151 e. The highest BCUT2D eigenvalue weighted by Crippen LogP contribution is 2.02. The molecule has 0 rings (SSSR count). The third kappa shape index (κ3) is 2.84. The van der Waals surface area contributed by atoms with E-state index in [1.165, 1.54) is 0 Å². The highest BCUT2D eigenvalue weighted by Gasteiger charge is 2.29. The van der Waals surface area contributed by atoms with Crippen molar-refractivity contribution in [2.75, 3.05) is 6.61 Å². The molecule has 0 aromatic carbocycles. The molecule has 0 radical (unpaired) electrons. The van der Waals surface area contributed by atoms with Crippen molar-refractivity contribution in [2.24, 2.45) is 0 Å². The standard InChI is InChI=1S/C6H12O6/c7-1-3(9)5(11)6(12)4(10)2-8/h1,3-6,8-12H,2H2/t3-,4-,5-,6-/m1/s1/i3T. The molecular weight excluding hydrogens is 168 g/mol. The van der Waals surface area contributed by atoms with Crippen LogP contribution in [0.4, 0.5) is 0 Å². The van der Waals surface area contributed by atoms with Crippen LogP contribution in [0.5, 0.6) is 0 Å². The fourth-order valence-corrected chi connectivity index (χ4v) is 0.563. The molecule has 0 saturated carbocycles. The molecule has 0 spiro atoms. The number of carbonyl (C=O) groups excluding carboxylic acids is 1. The number of aliphatic hydroxyl groups excluding tert-OH is 4. The number of aliphatic hydroxyl groups is 5. The van der Waals surface area contributed by atoms with Gasteiger partial charge in [-0.15, -0.1) is 0 Å². The monoisotopic (exact) mass is 182 g/mol. The van der Waals surface area contributed by atoms with Crippen molar-refractivity contribution >= 4 is 6.29 Å². The molecule has 0 unspecified atom stereocenters. The van der Waals surface area contributed by atoms with Crippen molar-refractivity contribution in [3.63, 3.8) is 0 Å². The van der Waals surface area contributed by atoms with Gasteiger partial charge in [0.15, 0.2) is 6.29 Å². The Kier molecular flexibility index (Phi) is 4.12. The molecule has 0 saturated heterocycles. The van der Waals surface area contributed by atoms with Crippen LogP contribution in [-0.2, 0) is 4.79 Å². The highest BCUT2D eigenvalue weighted by atomic mass is 16.4. The summed E-state index contributed by atoms with van der Waals surface area (Å²) in [6.07, 6.45) is -9.03. The lowest BCUT2D eigenvalue weighted by atomic mass is 10.0. The fraction of sp³-hybridized carbons (Fsp3) is 0.833. The van der Waals surface area contributed by atoms with Crippen LogP contribution >= 0.6 is 0 Å². The highest BCUT2D eigenvalue weighted by molar-refractivity contribution is 5.56. The maximum atomic E-state index is 10.0. The molecule has 6 nitrogen and oxygen atoms in total. The van der Waals surface area contributed by atoms with Gasteiger partial charge >= 0.3 is 0 Å². The van der Waals surface area contributed by atoms with E-state index in [1.807, 2.05) is 0 Å². The van der Waals surface area contributed by atoms with Crippen LogP contribution in [0.15, 0.2) is 0 Å². The summed E-state index contributed by atoms with van der Waals surface area (Å²) in [6, 6.07) is 0. The number of aldehydes is 1. The minimum absolute atomic E-state index is 0.287. The Labute approximate surface area is 70.1 Å². The molecular formula is C6H12O6. The molecule has 4 atom stereocenters. The van der Waals surface area contributed by atoms with Crippen molar-refractivity contribution < 1.29 is 31.7 Å². The van der Waals surface area contributed by atoms with E-state index in [4.69, 9.17) is 26.9 Å². The molecule has 0 fully saturated rings.